The van der Waals surface area contributed by atoms with Gasteiger partial charge in [-0.25, -0.2) is 14.9 Å². The molecule has 2 aliphatic heterocycles. The van der Waals surface area contributed by atoms with E-state index in [0.29, 0.717) is 5.57 Å². The summed E-state index contributed by atoms with van der Waals surface area (Å²) in [5.74, 6) is -2.52. The van der Waals surface area contributed by atoms with Crippen molar-refractivity contribution >= 4 is 69.7 Å². The molecule has 2 aromatic heterocycles. The molecular formula is C21H21N9O8S3. The Labute approximate surface area is 242 Å². The third kappa shape index (κ3) is 6.18. The molecule has 20 heteroatoms. The minimum Gasteiger partial charge on any atom is -0.477 e. The van der Waals surface area contributed by atoms with Crippen molar-refractivity contribution in [3.63, 3.8) is 0 Å². The van der Waals surface area contributed by atoms with Gasteiger partial charge in [0, 0.05) is 11.1 Å². The van der Waals surface area contributed by atoms with Crippen molar-refractivity contribution in [2.45, 2.75) is 23.1 Å². The highest BCUT2D eigenvalue weighted by Gasteiger charge is 2.54. The number of nitrogens with one attached hydrogen (secondary N) is 2. The van der Waals surface area contributed by atoms with Crippen LogP contribution in [0.25, 0.3) is 0 Å². The standard InChI is InChI=1S/C21H21N9O8S3/c1-37-23-4-5-29-17(34)15(32)26-27-21(29)39-6-3-9-7-40-18-12(16(33)30(18)13(9)19(35)36)25-14(31)11(28-38-2)10-8-41-20(22)24-10/h3-4,6,8,12,18H,5,7H2,1-2H3,(H2,22,24)(H,25,31)(H,26,32)(H,35,36)/b6-3+,23-4+,28-11+. The second kappa shape index (κ2) is 12.8. The van der Waals surface area contributed by atoms with Crippen molar-refractivity contribution in [3.8, 4) is 0 Å². The summed E-state index contributed by atoms with van der Waals surface area (Å²) in [7, 11) is 2.56. The van der Waals surface area contributed by atoms with Crippen LogP contribution in [0.2, 0.25) is 0 Å². The third-order valence-corrected chi connectivity index (χ3v) is 8.23. The highest BCUT2D eigenvalue weighted by atomic mass is 32.2. The molecule has 2 unspecified atom stereocenters. The van der Waals surface area contributed by atoms with E-state index in [1.54, 1.807) is 0 Å². The van der Waals surface area contributed by atoms with E-state index in [2.05, 4.69) is 35.6 Å². The van der Waals surface area contributed by atoms with Gasteiger partial charge in [0.15, 0.2) is 16.0 Å². The number of aliphatic carboxylic acids is 1. The number of rotatable bonds is 11. The highest BCUT2D eigenvalue weighted by molar-refractivity contribution is 8.02. The zero-order valence-electron chi connectivity index (χ0n) is 21.2. The maximum absolute atomic E-state index is 13.0. The molecule has 0 aromatic carbocycles. The van der Waals surface area contributed by atoms with E-state index in [4.69, 9.17) is 10.6 Å². The summed E-state index contributed by atoms with van der Waals surface area (Å²) in [6, 6.07) is -1.02. The summed E-state index contributed by atoms with van der Waals surface area (Å²) in [6.07, 6.45) is 2.73. The molecule has 1 fully saturated rings. The van der Waals surface area contributed by atoms with Crippen molar-refractivity contribution < 1.29 is 29.2 Å². The SMILES string of the molecule is CO/N=C/Cn1c(S/C=C/C2=C(C(=O)O)N3C(=O)C(NC(=O)/C(=N/OC)c4csc(N)n4)C3SC2)n[nH]c(=O)c1=O. The second-order valence-electron chi connectivity index (χ2n) is 7.88. The average Bonchev–Trinajstić information content (AvgIpc) is 3.38. The quantitative estimate of drug-likeness (QED) is 0.0773. The van der Waals surface area contributed by atoms with Gasteiger partial charge >= 0.3 is 17.1 Å². The number of oxime groups is 2. The van der Waals surface area contributed by atoms with Crippen molar-refractivity contribution in [2.75, 3.05) is 25.7 Å². The molecule has 0 saturated carbocycles. The van der Waals surface area contributed by atoms with Crippen LogP contribution < -0.4 is 22.2 Å². The van der Waals surface area contributed by atoms with Gasteiger partial charge in [-0.15, -0.1) is 28.2 Å². The minimum atomic E-state index is -1.34. The van der Waals surface area contributed by atoms with E-state index in [1.807, 2.05) is 0 Å². The molecule has 2 atom stereocenters. The maximum Gasteiger partial charge on any atom is 0.352 e. The lowest BCUT2D eigenvalue weighted by Gasteiger charge is -2.49. The molecule has 17 nitrogen and oxygen atoms in total. The Hall–Kier alpha value is -4.43. The van der Waals surface area contributed by atoms with Crippen LogP contribution in [-0.4, -0.2) is 90.9 Å². The number of hydrogen-bond donors (Lipinski definition) is 4. The molecule has 0 radical (unpaired) electrons. The number of nitrogen functional groups attached to an aromatic ring is 1. The number of carboxylic acid groups (broad SMARTS) is 1. The van der Waals surface area contributed by atoms with Crippen molar-refractivity contribution in [3.05, 3.63) is 54.5 Å². The Morgan fingerprint density at radius 2 is 2.12 bits per heavy atom. The van der Waals surface area contributed by atoms with Gasteiger partial charge in [0.1, 0.15) is 37.0 Å². The van der Waals surface area contributed by atoms with Crippen molar-refractivity contribution in [1.29, 1.82) is 0 Å². The van der Waals surface area contributed by atoms with Crippen LogP contribution in [0.15, 0.2) is 53.2 Å². The Bertz CT molecular complexity index is 1610. The largest absolute Gasteiger partial charge is 0.477 e. The van der Waals surface area contributed by atoms with Gasteiger partial charge in [-0.05, 0) is 17.1 Å². The Morgan fingerprint density at radius 1 is 1.34 bits per heavy atom. The Kier molecular flexibility index (Phi) is 9.24. The maximum atomic E-state index is 13.0. The van der Waals surface area contributed by atoms with E-state index in [9.17, 15) is 29.1 Å². The Balaban J connectivity index is 1.51. The number of aromatic amines is 1. The molecule has 2 aliphatic rings. The van der Waals surface area contributed by atoms with Gasteiger partial charge in [-0.2, -0.15) is 0 Å². The number of fused-ring (bicyclic) bond motifs is 1. The smallest absolute Gasteiger partial charge is 0.352 e. The molecule has 0 bridgehead atoms. The number of thiazole rings is 1. The van der Waals surface area contributed by atoms with Crippen molar-refractivity contribution in [2.24, 2.45) is 10.3 Å². The molecule has 216 valence electrons. The summed E-state index contributed by atoms with van der Waals surface area (Å²) in [5.41, 5.74) is 3.87. The third-order valence-electron chi connectivity index (χ3n) is 5.46. The number of carboxylic acids is 1. The molecule has 5 N–H and O–H groups in total. The van der Waals surface area contributed by atoms with E-state index in [1.165, 1.54) is 49.1 Å². The highest BCUT2D eigenvalue weighted by Crippen LogP contribution is 2.41. The molecule has 4 heterocycles. The zero-order chi connectivity index (χ0) is 29.7. The minimum absolute atomic E-state index is 0.0948. The van der Waals surface area contributed by atoms with E-state index in [0.717, 1.165) is 32.6 Å². The van der Waals surface area contributed by atoms with E-state index >= 15 is 0 Å². The summed E-state index contributed by atoms with van der Waals surface area (Å²) in [4.78, 5) is 76.4. The molecule has 1 saturated heterocycles. The fraction of sp³-hybridized carbons (Fsp3) is 0.286. The number of allylic oxidation sites excluding steroid dienone is 1. The van der Waals surface area contributed by atoms with Crippen LogP contribution in [0.5, 0.6) is 0 Å². The molecule has 0 aliphatic carbocycles. The average molecular weight is 624 g/mol. The number of H-pyrrole nitrogens is 1. The predicted octanol–water partition coefficient (Wildman–Crippen LogP) is -1.00. The lowest BCUT2D eigenvalue weighted by molar-refractivity contribution is -0.150. The first-order chi connectivity index (χ1) is 19.7. The van der Waals surface area contributed by atoms with Gasteiger partial charge in [0.25, 0.3) is 11.8 Å². The molecule has 4 rings (SSSR count). The Morgan fingerprint density at radius 3 is 2.78 bits per heavy atom. The first-order valence-corrected chi connectivity index (χ1v) is 14.1. The number of hydrogen-bond acceptors (Lipinski definition) is 15. The van der Waals surface area contributed by atoms with Crippen LogP contribution in [-0.2, 0) is 30.6 Å². The zero-order valence-corrected chi connectivity index (χ0v) is 23.6. The van der Waals surface area contributed by atoms with Crippen molar-refractivity contribution in [1.82, 2.24) is 30.0 Å². The number of carbonyl (C=O) groups excluding carboxylic acids is 2. The van der Waals surface area contributed by atoms with Crippen LogP contribution in [0.4, 0.5) is 5.13 Å². The molecule has 2 amide bonds. The predicted molar refractivity (Wildman–Crippen MR) is 149 cm³/mol. The number of β-lactam (4-membered cyclic amide) rings is 1. The summed E-state index contributed by atoms with van der Waals surface area (Å²) in [6.45, 7) is -0.0948. The second-order valence-corrected chi connectivity index (χ2v) is 10.7. The first-order valence-electron chi connectivity index (χ1n) is 11.3. The number of nitrogens with two attached hydrogens (primary N) is 1. The van der Waals surface area contributed by atoms with Gasteiger partial charge in [0.2, 0.25) is 0 Å². The van der Waals surface area contributed by atoms with Gasteiger partial charge in [0.05, 0.1) is 12.8 Å². The van der Waals surface area contributed by atoms with Crippen LogP contribution >= 0.6 is 34.9 Å². The number of thioether (sulfide) groups is 2. The number of nitrogens with zero attached hydrogens (tertiary/aromatic N) is 6. The van der Waals surface area contributed by atoms with Gasteiger partial charge < -0.3 is 25.8 Å². The lowest BCUT2D eigenvalue weighted by atomic mass is 10.0. The lowest BCUT2D eigenvalue weighted by Crippen LogP contribution is -2.71. The number of carbonyl (C=O) groups is 3. The monoisotopic (exact) mass is 623 g/mol. The molecule has 2 aromatic rings. The van der Waals surface area contributed by atoms with E-state index < -0.39 is 40.3 Å². The van der Waals surface area contributed by atoms with Crippen LogP contribution in [0.1, 0.15) is 5.69 Å². The number of amides is 2. The van der Waals surface area contributed by atoms with Crippen LogP contribution in [0, 0.1) is 0 Å². The topological polar surface area (TPSA) is 237 Å². The summed E-state index contributed by atoms with van der Waals surface area (Å²) < 4.78 is 1.06. The van der Waals surface area contributed by atoms with Gasteiger partial charge in [-0.3, -0.25) is 28.6 Å². The summed E-state index contributed by atoms with van der Waals surface area (Å²) in [5, 5.41) is 28.3. The fourth-order valence-electron chi connectivity index (χ4n) is 3.71. The normalized spacial score (nSPS) is 18.9. The fourth-order valence-corrected chi connectivity index (χ4v) is 6.31. The molecule has 0 spiro atoms. The first kappa shape index (κ1) is 29.6. The van der Waals surface area contributed by atoms with E-state index in [-0.39, 0.29) is 39.7 Å². The number of anilines is 1. The molecular weight excluding hydrogens is 602 g/mol. The molecule has 41 heavy (non-hydrogen) atoms. The van der Waals surface area contributed by atoms with Gasteiger partial charge in [-0.1, -0.05) is 22.1 Å². The number of aromatic nitrogens is 4. The summed E-state index contributed by atoms with van der Waals surface area (Å²) >= 11 is 3.27. The van der Waals surface area contributed by atoms with Crippen LogP contribution in [0.3, 0.4) is 0 Å².